The Hall–Kier alpha value is -1.34. The van der Waals surface area contributed by atoms with Crippen molar-refractivity contribution in [2.75, 3.05) is 0 Å². The predicted molar refractivity (Wildman–Crippen MR) is 55.7 cm³/mol. The quantitative estimate of drug-likeness (QED) is 0.662. The van der Waals surface area contributed by atoms with Crippen LogP contribution in [-0.4, -0.2) is 0 Å². The second-order valence-electron chi connectivity index (χ2n) is 2.90. The van der Waals surface area contributed by atoms with E-state index in [-0.39, 0.29) is 5.82 Å². The molecule has 0 aliphatic heterocycles. The zero-order valence-corrected chi connectivity index (χ0v) is 8.05. The van der Waals surface area contributed by atoms with Gasteiger partial charge in [0.15, 0.2) is 0 Å². The number of hydrogen-bond donors (Lipinski definition) is 0. The van der Waals surface area contributed by atoms with Gasteiger partial charge < -0.3 is 0 Å². The average molecular weight is 206 g/mol. The Labute approximate surface area is 87.0 Å². The monoisotopic (exact) mass is 205 g/mol. The van der Waals surface area contributed by atoms with E-state index >= 15 is 0 Å². The molecule has 2 rings (SSSR count). The molecule has 0 aromatic heterocycles. The van der Waals surface area contributed by atoms with Crippen molar-refractivity contribution >= 4 is 11.6 Å². The van der Waals surface area contributed by atoms with Gasteiger partial charge in [-0.05, 0) is 29.8 Å². The second-order valence-corrected chi connectivity index (χ2v) is 3.31. The lowest BCUT2D eigenvalue weighted by Crippen LogP contribution is -1.80. The predicted octanol–water partition coefficient (Wildman–Crippen LogP) is 3.95. The molecule has 1 radical (unpaired) electrons. The highest BCUT2D eigenvalue weighted by molar-refractivity contribution is 6.33. The Morgan fingerprint density at radius 3 is 2.71 bits per heavy atom. The summed E-state index contributed by atoms with van der Waals surface area (Å²) >= 11 is 5.96. The maximum Gasteiger partial charge on any atom is 0.123 e. The Balaban J connectivity index is 2.55. The first-order valence-electron chi connectivity index (χ1n) is 4.19. The molecule has 0 aliphatic rings. The van der Waals surface area contributed by atoms with Gasteiger partial charge in [-0.3, -0.25) is 0 Å². The third-order valence-electron chi connectivity index (χ3n) is 1.92. The largest absolute Gasteiger partial charge is 0.207 e. The van der Waals surface area contributed by atoms with Gasteiger partial charge >= 0.3 is 0 Å². The first-order valence-corrected chi connectivity index (χ1v) is 4.57. The van der Waals surface area contributed by atoms with Crippen LogP contribution in [0.5, 0.6) is 0 Å². The van der Waals surface area contributed by atoms with Crippen LogP contribution >= 0.6 is 11.6 Å². The van der Waals surface area contributed by atoms with Crippen LogP contribution in [-0.2, 0) is 0 Å². The van der Waals surface area contributed by atoms with E-state index < -0.39 is 0 Å². The molecule has 14 heavy (non-hydrogen) atoms. The van der Waals surface area contributed by atoms with Crippen LogP contribution in [0.2, 0.25) is 5.02 Å². The van der Waals surface area contributed by atoms with Gasteiger partial charge in [-0.1, -0.05) is 35.9 Å². The summed E-state index contributed by atoms with van der Waals surface area (Å²) in [6.07, 6.45) is 0. The van der Waals surface area contributed by atoms with Crippen LogP contribution in [0, 0.1) is 11.9 Å². The van der Waals surface area contributed by atoms with Crippen molar-refractivity contribution < 1.29 is 4.39 Å². The maximum absolute atomic E-state index is 12.9. The minimum absolute atomic E-state index is 0.268. The van der Waals surface area contributed by atoms with E-state index in [1.54, 1.807) is 30.3 Å². The van der Waals surface area contributed by atoms with E-state index in [2.05, 4.69) is 6.07 Å². The summed E-state index contributed by atoms with van der Waals surface area (Å²) in [6, 6.07) is 14.6. The van der Waals surface area contributed by atoms with Crippen molar-refractivity contribution in [2.24, 2.45) is 0 Å². The summed E-state index contributed by atoms with van der Waals surface area (Å²) in [5.41, 5.74) is 1.48. The van der Waals surface area contributed by atoms with E-state index in [0.717, 1.165) is 11.1 Å². The van der Waals surface area contributed by atoms with Gasteiger partial charge in [-0.2, -0.15) is 0 Å². The van der Waals surface area contributed by atoms with Crippen LogP contribution in [0.25, 0.3) is 11.1 Å². The Kier molecular flexibility index (Phi) is 2.51. The van der Waals surface area contributed by atoms with E-state index in [1.165, 1.54) is 12.1 Å². The lowest BCUT2D eigenvalue weighted by molar-refractivity contribution is 0.628. The number of hydrogen-bond acceptors (Lipinski definition) is 0. The first kappa shape index (κ1) is 9.22. The number of benzene rings is 2. The van der Waals surface area contributed by atoms with Crippen LogP contribution in [0.3, 0.4) is 0 Å². The lowest BCUT2D eigenvalue weighted by atomic mass is 10.1. The molecule has 2 heteroatoms. The molecule has 0 atom stereocenters. The zero-order valence-electron chi connectivity index (χ0n) is 7.30. The summed E-state index contributed by atoms with van der Waals surface area (Å²) in [7, 11) is 0. The second kappa shape index (κ2) is 3.81. The van der Waals surface area contributed by atoms with E-state index in [1.807, 2.05) is 0 Å². The molecule has 0 nitrogen and oxygen atoms in total. The molecular weight excluding hydrogens is 199 g/mol. The molecule has 0 heterocycles. The standard InChI is InChI=1S/C12H7ClF/c13-12-7-2-1-6-11(12)9-4-3-5-10(14)8-9/h1-5,7-8H. The van der Waals surface area contributed by atoms with Gasteiger partial charge in [0, 0.05) is 10.6 Å². The molecule has 0 bridgehead atoms. The van der Waals surface area contributed by atoms with Crippen molar-refractivity contribution in [1.29, 1.82) is 0 Å². The minimum atomic E-state index is -0.268. The fourth-order valence-corrected chi connectivity index (χ4v) is 1.52. The van der Waals surface area contributed by atoms with Gasteiger partial charge in [0.2, 0.25) is 0 Å². The fourth-order valence-electron chi connectivity index (χ4n) is 1.28. The Bertz CT molecular complexity index is 452. The van der Waals surface area contributed by atoms with Crippen LogP contribution in [0.1, 0.15) is 0 Å². The fraction of sp³-hybridized carbons (Fsp3) is 0. The number of rotatable bonds is 1. The van der Waals surface area contributed by atoms with Crippen molar-refractivity contribution in [1.82, 2.24) is 0 Å². The molecule has 0 unspecified atom stereocenters. The summed E-state index contributed by atoms with van der Waals surface area (Å²) in [5.74, 6) is -0.268. The van der Waals surface area contributed by atoms with Crippen LogP contribution in [0.4, 0.5) is 4.39 Å². The van der Waals surface area contributed by atoms with Gasteiger partial charge in [0.05, 0.1) is 0 Å². The van der Waals surface area contributed by atoms with Crippen molar-refractivity contribution in [3.05, 3.63) is 59.4 Å². The molecule has 2 aromatic rings. The zero-order chi connectivity index (χ0) is 9.97. The summed E-state index contributed by atoms with van der Waals surface area (Å²) in [5, 5.41) is 0.582. The van der Waals surface area contributed by atoms with E-state index in [0.29, 0.717) is 5.02 Å². The van der Waals surface area contributed by atoms with E-state index in [9.17, 15) is 4.39 Å². The Morgan fingerprint density at radius 2 is 2.00 bits per heavy atom. The van der Waals surface area contributed by atoms with Gasteiger partial charge in [-0.25, -0.2) is 4.39 Å². The highest BCUT2D eigenvalue weighted by atomic mass is 35.5. The average Bonchev–Trinajstić information content (AvgIpc) is 2.18. The van der Waals surface area contributed by atoms with Crippen LogP contribution < -0.4 is 0 Å². The van der Waals surface area contributed by atoms with Crippen molar-refractivity contribution in [3.63, 3.8) is 0 Å². The molecule has 0 amide bonds. The molecule has 0 spiro atoms. The summed E-state index contributed by atoms with van der Waals surface area (Å²) in [4.78, 5) is 0. The summed E-state index contributed by atoms with van der Waals surface area (Å²) < 4.78 is 12.9. The van der Waals surface area contributed by atoms with E-state index in [4.69, 9.17) is 11.6 Å². The molecule has 69 valence electrons. The molecule has 0 saturated carbocycles. The van der Waals surface area contributed by atoms with Gasteiger partial charge in [0.25, 0.3) is 0 Å². The molecule has 0 fully saturated rings. The molecule has 0 saturated heterocycles. The Morgan fingerprint density at radius 1 is 1.14 bits per heavy atom. The third kappa shape index (κ3) is 1.78. The molecule has 2 aromatic carbocycles. The first-order chi connectivity index (χ1) is 6.77. The lowest BCUT2D eigenvalue weighted by Gasteiger charge is -2.02. The summed E-state index contributed by atoms with van der Waals surface area (Å²) in [6.45, 7) is 0. The van der Waals surface area contributed by atoms with Crippen LogP contribution in [0.15, 0.2) is 42.5 Å². The van der Waals surface area contributed by atoms with Gasteiger partial charge in [0.1, 0.15) is 5.82 Å². The topological polar surface area (TPSA) is 0 Å². The number of halogens is 2. The van der Waals surface area contributed by atoms with Gasteiger partial charge in [-0.15, -0.1) is 0 Å². The molecular formula is C12H7ClF. The highest BCUT2D eigenvalue weighted by Crippen LogP contribution is 2.26. The van der Waals surface area contributed by atoms with Crippen molar-refractivity contribution in [3.8, 4) is 11.1 Å². The maximum atomic E-state index is 12.9. The third-order valence-corrected chi connectivity index (χ3v) is 2.23. The van der Waals surface area contributed by atoms with Crippen molar-refractivity contribution in [2.45, 2.75) is 0 Å². The molecule has 0 N–H and O–H groups in total. The smallest absolute Gasteiger partial charge is 0.123 e. The molecule has 0 aliphatic carbocycles. The minimum Gasteiger partial charge on any atom is -0.207 e. The SMILES string of the molecule is Fc1cccc(-c2[c]cccc2Cl)c1. The normalized spacial score (nSPS) is 10.1. The highest BCUT2D eigenvalue weighted by Gasteiger charge is 2.02.